The molecule has 0 saturated carbocycles. The highest BCUT2D eigenvalue weighted by Gasteiger charge is 2.46. The number of hydrazine groups is 1. The van der Waals surface area contributed by atoms with Gasteiger partial charge in [-0.05, 0) is 30.3 Å². The van der Waals surface area contributed by atoms with Crippen molar-refractivity contribution in [3.8, 4) is 0 Å². The first-order valence-corrected chi connectivity index (χ1v) is 8.39. The molecule has 0 fully saturated rings. The van der Waals surface area contributed by atoms with Crippen molar-refractivity contribution >= 4 is 27.3 Å². The summed E-state index contributed by atoms with van der Waals surface area (Å²) in [7, 11) is -5.56. The van der Waals surface area contributed by atoms with Crippen LogP contribution in [-0.4, -0.2) is 25.7 Å². The molecule has 0 aromatic heterocycles. The van der Waals surface area contributed by atoms with Gasteiger partial charge in [0.15, 0.2) is 0 Å². The predicted molar refractivity (Wildman–Crippen MR) is 85.7 cm³/mol. The van der Waals surface area contributed by atoms with Crippen LogP contribution in [-0.2, 0) is 9.84 Å². The van der Waals surface area contributed by atoms with Gasteiger partial charge in [0.25, 0.3) is 21.7 Å². The number of hydrogen-bond donors (Lipinski definition) is 3. The lowest BCUT2D eigenvalue weighted by Gasteiger charge is -2.11. The van der Waals surface area contributed by atoms with Crippen LogP contribution in [0.1, 0.15) is 20.7 Å². The van der Waals surface area contributed by atoms with Crippen molar-refractivity contribution in [3.63, 3.8) is 0 Å². The Kier molecular flexibility index (Phi) is 5.33. The molecule has 0 unspecified atom stereocenters. The zero-order chi connectivity index (χ0) is 19.5. The van der Waals surface area contributed by atoms with E-state index >= 15 is 0 Å². The Morgan fingerprint density at radius 3 is 2.04 bits per heavy atom. The summed E-state index contributed by atoms with van der Waals surface area (Å²) in [5, 5.41) is 2.25. The normalized spacial score (nSPS) is 11.7. The summed E-state index contributed by atoms with van der Waals surface area (Å²) in [5.74, 6) is 3.46. The maximum atomic E-state index is 12.6. The number of alkyl halides is 3. The topological polar surface area (TPSA) is 118 Å². The maximum Gasteiger partial charge on any atom is 0.501 e. The fourth-order valence-electron chi connectivity index (χ4n) is 2.03. The fourth-order valence-corrected chi connectivity index (χ4v) is 2.84. The van der Waals surface area contributed by atoms with Crippen LogP contribution in [0.3, 0.4) is 0 Å². The molecule has 2 aromatic carbocycles. The predicted octanol–water partition coefficient (Wildman–Crippen LogP) is 1.84. The average molecular weight is 387 g/mol. The number of nitrogens with one attached hydrogen (secondary N) is 2. The first-order chi connectivity index (χ1) is 12.1. The van der Waals surface area contributed by atoms with Crippen molar-refractivity contribution in [3.05, 3.63) is 59.7 Å². The molecule has 2 aromatic rings. The number of rotatable bonds is 4. The van der Waals surface area contributed by atoms with E-state index in [0.29, 0.717) is 6.07 Å². The van der Waals surface area contributed by atoms with Gasteiger partial charge in [-0.15, -0.1) is 0 Å². The summed E-state index contributed by atoms with van der Waals surface area (Å²) < 4.78 is 60.8. The number of carbonyl (C=O) groups is 2. The second-order valence-electron chi connectivity index (χ2n) is 4.95. The molecular weight excluding hydrogens is 375 g/mol. The largest absolute Gasteiger partial charge is 0.501 e. The number of carbonyl (C=O) groups excluding carboxylic acids is 2. The standard InChI is InChI=1S/C15H12F3N3O4S/c16-15(17,18)26(24,25)10-5-3-4-9(8-10)20-13(22)11-6-1-2-7-12(11)14(23)21-19/h1-8H,19H2,(H,20,22)(H,21,23). The van der Waals surface area contributed by atoms with Gasteiger partial charge in [0.1, 0.15) is 0 Å². The molecule has 2 amide bonds. The lowest BCUT2D eigenvalue weighted by atomic mass is 10.1. The zero-order valence-electron chi connectivity index (χ0n) is 12.9. The van der Waals surface area contributed by atoms with Crippen molar-refractivity contribution in [2.24, 2.45) is 5.84 Å². The first kappa shape index (κ1) is 19.4. The van der Waals surface area contributed by atoms with Gasteiger partial charge in [-0.3, -0.25) is 15.0 Å². The van der Waals surface area contributed by atoms with Gasteiger partial charge in [-0.25, -0.2) is 14.3 Å². The maximum absolute atomic E-state index is 12.6. The quantitative estimate of drug-likeness (QED) is 0.420. The van der Waals surface area contributed by atoms with E-state index in [2.05, 4.69) is 5.32 Å². The van der Waals surface area contributed by atoms with Crippen molar-refractivity contribution in [1.82, 2.24) is 5.43 Å². The van der Waals surface area contributed by atoms with Gasteiger partial charge in [0, 0.05) is 5.69 Å². The second kappa shape index (κ2) is 7.14. The summed E-state index contributed by atoms with van der Waals surface area (Å²) in [6.45, 7) is 0. The molecule has 0 spiro atoms. The van der Waals surface area contributed by atoms with Crippen LogP contribution < -0.4 is 16.6 Å². The fraction of sp³-hybridized carbons (Fsp3) is 0.0667. The molecule has 11 heteroatoms. The first-order valence-electron chi connectivity index (χ1n) is 6.90. The van der Waals surface area contributed by atoms with Crippen LogP contribution in [0.15, 0.2) is 53.4 Å². The lowest BCUT2D eigenvalue weighted by molar-refractivity contribution is -0.0436. The number of anilines is 1. The summed E-state index contributed by atoms with van der Waals surface area (Å²) in [4.78, 5) is 23.0. The van der Waals surface area contributed by atoms with Crippen LogP contribution >= 0.6 is 0 Å². The molecule has 26 heavy (non-hydrogen) atoms. The molecule has 0 bridgehead atoms. The Morgan fingerprint density at radius 2 is 1.50 bits per heavy atom. The number of nitrogens with two attached hydrogens (primary N) is 1. The van der Waals surface area contributed by atoms with E-state index in [4.69, 9.17) is 5.84 Å². The summed E-state index contributed by atoms with van der Waals surface area (Å²) in [6.07, 6.45) is 0. The van der Waals surface area contributed by atoms with E-state index in [1.165, 1.54) is 30.3 Å². The van der Waals surface area contributed by atoms with Crippen LogP contribution in [0.25, 0.3) is 0 Å². The molecule has 2 rings (SSSR count). The lowest BCUT2D eigenvalue weighted by Crippen LogP contribution is -2.32. The number of sulfone groups is 1. The number of hydrogen-bond acceptors (Lipinski definition) is 5. The summed E-state index contributed by atoms with van der Waals surface area (Å²) in [6, 6.07) is 9.26. The van der Waals surface area contributed by atoms with Crippen LogP contribution in [0.5, 0.6) is 0 Å². The molecule has 0 aliphatic rings. The van der Waals surface area contributed by atoms with Crippen molar-refractivity contribution < 1.29 is 31.2 Å². The highest BCUT2D eigenvalue weighted by molar-refractivity contribution is 7.92. The number of halogens is 3. The van der Waals surface area contributed by atoms with E-state index in [1.54, 1.807) is 0 Å². The average Bonchev–Trinajstić information content (AvgIpc) is 2.60. The van der Waals surface area contributed by atoms with Crippen LogP contribution in [0.4, 0.5) is 18.9 Å². The highest BCUT2D eigenvalue weighted by Crippen LogP contribution is 2.31. The monoisotopic (exact) mass is 387 g/mol. The minimum absolute atomic E-state index is 0.0634. The van der Waals surface area contributed by atoms with Gasteiger partial charge in [-0.2, -0.15) is 13.2 Å². The minimum atomic E-state index is -5.56. The third kappa shape index (κ3) is 3.83. The molecule has 0 heterocycles. The van der Waals surface area contributed by atoms with Gasteiger partial charge < -0.3 is 5.32 Å². The Morgan fingerprint density at radius 1 is 0.923 bits per heavy atom. The number of benzene rings is 2. The Balaban J connectivity index is 2.35. The van der Waals surface area contributed by atoms with Gasteiger partial charge in [0.05, 0.1) is 16.0 Å². The number of nitrogen functional groups attached to an aromatic ring is 1. The van der Waals surface area contributed by atoms with Crippen LogP contribution in [0, 0.1) is 0 Å². The van der Waals surface area contributed by atoms with Gasteiger partial charge >= 0.3 is 5.51 Å². The molecule has 138 valence electrons. The van der Waals surface area contributed by atoms with Crippen molar-refractivity contribution in [2.75, 3.05) is 5.32 Å². The van der Waals surface area contributed by atoms with Gasteiger partial charge in [0.2, 0.25) is 0 Å². The summed E-state index contributed by atoms with van der Waals surface area (Å²) >= 11 is 0. The van der Waals surface area contributed by atoms with Gasteiger partial charge in [-0.1, -0.05) is 18.2 Å². The summed E-state index contributed by atoms with van der Waals surface area (Å²) in [5.41, 5.74) is -3.96. The Hall–Kier alpha value is -2.92. The van der Waals surface area contributed by atoms with E-state index < -0.39 is 32.1 Å². The van der Waals surface area contributed by atoms with E-state index in [-0.39, 0.29) is 16.8 Å². The van der Waals surface area contributed by atoms with E-state index in [0.717, 1.165) is 12.1 Å². The third-order valence-corrected chi connectivity index (χ3v) is 4.74. The second-order valence-corrected chi connectivity index (χ2v) is 6.89. The van der Waals surface area contributed by atoms with Crippen molar-refractivity contribution in [2.45, 2.75) is 10.4 Å². The highest BCUT2D eigenvalue weighted by atomic mass is 32.2. The zero-order valence-corrected chi connectivity index (χ0v) is 13.7. The van der Waals surface area contributed by atoms with Crippen LogP contribution in [0.2, 0.25) is 0 Å². The molecule has 0 saturated heterocycles. The third-order valence-electron chi connectivity index (χ3n) is 3.25. The van der Waals surface area contributed by atoms with E-state index in [1.807, 2.05) is 5.43 Å². The smallest absolute Gasteiger partial charge is 0.322 e. The number of amides is 2. The Labute approximate surface area is 145 Å². The molecule has 0 atom stereocenters. The molecule has 0 aliphatic heterocycles. The molecule has 4 N–H and O–H groups in total. The molecule has 7 nitrogen and oxygen atoms in total. The van der Waals surface area contributed by atoms with Crippen molar-refractivity contribution in [1.29, 1.82) is 0 Å². The molecule has 0 aliphatic carbocycles. The molecular formula is C15H12F3N3O4S. The molecule has 0 radical (unpaired) electrons. The minimum Gasteiger partial charge on any atom is -0.322 e. The SMILES string of the molecule is NNC(=O)c1ccccc1C(=O)Nc1cccc(S(=O)(=O)C(F)(F)F)c1. The Bertz CT molecular complexity index is 959. The van der Waals surface area contributed by atoms with E-state index in [9.17, 15) is 31.2 Å².